The number of hydrogen-bond donors (Lipinski definition) is 1. The van der Waals surface area contributed by atoms with Gasteiger partial charge in [-0.15, -0.1) is 0 Å². The summed E-state index contributed by atoms with van der Waals surface area (Å²) in [6, 6.07) is 7.87. The topological polar surface area (TPSA) is 21.3 Å². The van der Waals surface area contributed by atoms with Crippen molar-refractivity contribution in [1.29, 1.82) is 0 Å². The molecule has 4 heteroatoms. The second-order valence-corrected chi connectivity index (χ2v) is 4.84. The van der Waals surface area contributed by atoms with Gasteiger partial charge in [0.05, 0.1) is 12.1 Å². The van der Waals surface area contributed by atoms with Crippen LogP contribution in [0.1, 0.15) is 5.56 Å². The molecule has 2 nitrogen and oxygen atoms in total. The van der Waals surface area contributed by atoms with Gasteiger partial charge in [0.15, 0.2) is 0 Å². The second-order valence-electron chi connectivity index (χ2n) is 3.66. The molecule has 1 heterocycles. The monoisotopic (exact) mass is 267 g/mol. The third-order valence-electron chi connectivity index (χ3n) is 2.47. The minimum Gasteiger partial charge on any atom is -0.495 e. The Morgan fingerprint density at radius 2 is 2.24 bits per heavy atom. The summed E-state index contributed by atoms with van der Waals surface area (Å²) in [6.45, 7) is 0.902. The molecule has 0 unspecified atom stereocenters. The zero-order valence-electron chi connectivity index (χ0n) is 9.57. The summed E-state index contributed by atoms with van der Waals surface area (Å²) in [4.78, 5) is 0. The van der Waals surface area contributed by atoms with Crippen LogP contribution in [0.15, 0.2) is 35.0 Å². The van der Waals surface area contributed by atoms with Crippen LogP contribution in [0.25, 0.3) is 0 Å². The van der Waals surface area contributed by atoms with Crippen LogP contribution in [-0.4, -0.2) is 13.7 Å². The van der Waals surface area contributed by atoms with Gasteiger partial charge in [0.25, 0.3) is 0 Å². The Hall–Kier alpha value is -1.19. The number of ether oxygens (including phenoxy) is 1. The quantitative estimate of drug-likeness (QED) is 0.882. The van der Waals surface area contributed by atoms with Gasteiger partial charge < -0.3 is 10.1 Å². The van der Waals surface area contributed by atoms with Gasteiger partial charge in [0.2, 0.25) is 0 Å². The minimum absolute atomic E-state index is 0.632. The number of anilines is 1. The first kappa shape index (κ1) is 12.3. The van der Waals surface area contributed by atoms with Crippen molar-refractivity contribution in [2.75, 3.05) is 19.0 Å². The van der Waals surface area contributed by atoms with E-state index in [1.54, 1.807) is 18.4 Å². The van der Waals surface area contributed by atoms with Crippen LogP contribution in [0, 0.1) is 0 Å². The molecular weight excluding hydrogens is 254 g/mol. The average molecular weight is 268 g/mol. The highest BCUT2D eigenvalue weighted by Gasteiger charge is 2.01. The smallest absolute Gasteiger partial charge is 0.137 e. The first-order chi connectivity index (χ1) is 8.29. The van der Waals surface area contributed by atoms with Crippen molar-refractivity contribution < 1.29 is 4.74 Å². The lowest BCUT2D eigenvalue weighted by Crippen LogP contribution is -2.04. The molecule has 0 saturated heterocycles. The first-order valence-electron chi connectivity index (χ1n) is 5.38. The zero-order valence-corrected chi connectivity index (χ0v) is 11.1. The number of nitrogens with one attached hydrogen (secondary N) is 1. The molecule has 0 atom stereocenters. The van der Waals surface area contributed by atoms with Crippen molar-refractivity contribution in [2.45, 2.75) is 6.42 Å². The van der Waals surface area contributed by atoms with Gasteiger partial charge in [-0.3, -0.25) is 0 Å². The van der Waals surface area contributed by atoms with Crippen LogP contribution in [0.3, 0.4) is 0 Å². The Bertz CT molecular complexity index is 470. The minimum atomic E-state index is 0.632. The van der Waals surface area contributed by atoms with E-state index >= 15 is 0 Å². The third kappa shape index (κ3) is 3.38. The predicted molar refractivity (Wildman–Crippen MR) is 74.5 cm³/mol. The normalized spacial score (nSPS) is 10.2. The summed E-state index contributed by atoms with van der Waals surface area (Å²) < 4.78 is 5.10. The average Bonchev–Trinajstić information content (AvgIpc) is 2.82. The molecule has 0 aliphatic carbocycles. The fourth-order valence-electron chi connectivity index (χ4n) is 1.56. The highest BCUT2D eigenvalue weighted by Crippen LogP contribution is 2.27. The highest BCUT2D eigenvalue weighted by molar-refractivity contribution is 7.07. The lowest BCUT2D eigenvalue weighted by molar-refractivity contribution is 0.415. The van der Waals surface area contributed by atoms with E-state index in [4.69, 9.17) is 16.3 Å². The van der Waals surface area contributed by atoms with E-state index in [2.05, 4.69) is 22.1 Å². The fourth-order valence-corrected chi connectivity index (χ4v) is 2.52. The van der Waals surface area contributed by atoms with E-state index in [0.29, 0.717) is 10.8 Å². The van der Waals surface area contributed by atoms with Crippen molar-refractivity contribution in [1.82, 2.24) is 0 Å². The van der Waals surface area contributed by atoms with Crippen LogP contribution in [-0.2, 0) is 6.42 Å². The Morgan fingerprint density at radius 1 is 1.35 bits per heavy atom. The molecule has 0 amide bonds. The molecule has 1 aromatic carbocycles. The van der Waals surface area contributed by atoms with Crippen LogP contribution in [0.2, 0.25) is 5.02 Å². The van der Waals surface area contributed by atoms with Crippen molar-refractivity contribution >= 4 is 28.6 Å². The number of halogens is 1. The summed E-state index contributed by atoms with van der Waals surface area (Å²) in [7, 11) is 1.62. The zero-order chi connectivity index (χ0) is 12.1. The molecule has 0 bridgehead atoms. The molecule has 1 aromatic heterocycles. The maximum Gasteiger partial charge on any atom is 0.137 e. The molecule has 17 heavy (non-hydrogen) atoms. The van der Waals surface area contributed by atoms with E-state index in [-0.39, 0.29) is 0 Å². The van der Waals surface area contributed by atoms with Gasteiger partial charge >= 0.3 is 0 Å². The maximum absolute atomic E-state index is 6.04. The number of benzene rings is 1. The molecule has 2 rings (SSSR count). The molecule has 0 fully saturated rings. The molecule has 90 valence electrons. The lowest BCUT2D eigenvalue weighted by atomic mass is 10.2. The molecule has 0 radical (unpaired) electrons. The van der Waals surface area contributed by atoms with Gasteiger partial charge in [-0.25, -0.2) is 0 Å². The Labute approximate surface area is 110 Å². The van der Waals surface area contributed by atoms with Crippen molar-refractivity contribution in [3.05, 3.63) is 45.6 Å². The van der Waals surface area contributed by atoms with Gasteiger partial charge in [-0.1, -0.05) is 11.6 Å². The molecule has 0 aliphatic heterocycles. The van der Waals surface area contributed by atoms with E-state index in [1.165, 1.54) is 5.56 Å². The standard InChI is InChI=1S/C13H14ClNOS/c1-16-13-3-2-11(8-12(13)14)15-6-4-10-5-7-17-9-10/h2-3,5,7-9,15H,4,6H2,1H3. The number of thiophene rings is 1. The summed E-state index contributed by atoms with van der Waals surface area (Å²) in [5.41, 5.74) is 2.38. The van der Waals surface area contributed by atoms with Crippen LogP contribution >= 0.6 is 22.9 Å². The Morgan fingerprint density at radius 3 is 2.88 bits per heavy atom. The lowest BCUT2D eigenvalue weighted by Gasteiger charge is -2.08. The SMILES string of the molecule is COc1ccc(NCCc2ccsc2)cc1Cl. The molecule has 0 saturated carbocycles. The van der Waals surface area contributed by atoms with Crippen molar-refractivity contribution in [2.24, 2.45) is 0 Å². The van der Waals surface area contributed by atoms with Gasteiger partial charge in [-0.05, 0) is 47.0 Å². The predicted octanol–water partition coefficient (Wildman–Crippen LogP) is 4.06. The molecule has 2 aromatic rings. The molecular formula is C13H14ClNOS. The number of methoxy groups -OCH3 is 1. The second kappa shape index (κ2) is 5.94. The molecule has 1 N–H and O–H groups in total. The van der Waals surface area contributed by atoms with E-state index in [0.717, 1.165) is 18.7 Å². The Kier molecular flexibility index (Phi) is 4.29. The largest absolute Gasteiger partial charge is 0.495 e. The molecule has 0 spiro atoms. The summed E-state index contributed by atoms with van der Waals surface area (Å²) in [5, 5.41) is 8.24. The van der Waals surface area contributed by atoms with Crippen LogP contribution < -0.4 is 10.1 Å². The summed E-state index contributed by atoms with van der Waals surface area (Å²) in [5.74, 6) is 0.704. The first-order valence-corrected chi connectivity index (χ1v) is 6.70. The summed E-state index contributed by atoms with van der Waals surface area (Å²) >= 11 is 7.77. The van der Waals surface area contributed by atoms with E-state index in [9.17, 15) is 0 Å². The van der Waals surface area contributed by atoms with Crippen LogP contribution in [0.4, 0.5) is 5.69 Å². The van der Waals surface area contributed by atoms with E-state index < -0.39 is 0 Å². The van der Waals surface area contributed by atoms with E-state index in [1.807, 2.05) is 18.2 Å². The highest BCUT2D eigenvalue weighted by atomic mass is 35.5. The van der Waals surface area contributed by atoms with Gasteiger partial charge in [0, 0.05) is 12.2 Å². The van der Waals surface area contributed by atoms with Crippen molar-refractivity contribution in [3.63, 3.8) is 0 Å². The fraction of sp³-hybridized carbons (Fsp3) is 0.231. The number of hydrogen-bond acceptors (Lipinski definition) is 3. The van der Waals surface area contributed by atoms with Gasteiger partial charge in [0.1, 0.15) is 5.75 Å². The Balaban J connectivity index is 1.89. The maximum atomic E-state index is 6.04. The van der Waals surface area contributed by atoms with Gasteiger partial charge in [-0.2, -0.15) is 11.3 Å². The summed E-state index contributed by atoms with van der Waals surface area (Å²) in [6.07, 6.45) is 1.02. The molecule has 0 aliphatic rings. The third-order valence-corrected chi connectivity index (χ3v) is 3.50. The van der Waals surface area contributed by atoms with Crippen LogP contribution in [0.5, 0.6) is 5.75 Å². The number of rotatable bonds is 5. The van der Waals surface area contributed by atoms with Crippen molar-refractivity contribution in [3.8, 4) is 5.75 Å².